The van der Waals surface area contributed by atoms with E-state index in [0.717, 1.165) is 12.3 Å². The molecule has 3 unspecified atom stereocenters. The molecule has 0 spiro atoms. The van der Waals surface area contributed by atoms with Crippen LogP contribution in [-0.2, 0) is 9.53 Å². The van der Waals surface area contributed by atoms with E-state index >= 15 is 0 Å². The van der Waals surface area contributed by atoms with Crippen molar-refractivity contribution in [3.05, 3.63) is 0 Å². The van der Waals surface area contributed by atoms with E-state index in [0.29, 0.717) is 52.9 Å². The highest BCUT2D eigenvalue weighted by molar-refractivity contribution is 5.66. The first kappa shape index (κ1) is 20.7. The van der Waals surface area contributed by atoms with Crippen molar-refractivity contribution < 1.29 is 14.6 Å². The quantitative estimate of drug-likeness (QED) is 0.652. The molecule has 0 aromatic heterocycles. The molecule has 0 aliphatic heterocycles. The lowest BCUT2D eigenvalue weighted by atomic mass is 9.43. The molecule has 4 rings (SSSR count). The van der Waals surface area contributed by atoms with Crippen molar-refractivity contribution in [3.63, 3.8) is 0 Å². The summed E-state index contributed by atoms with van der Waals surface area (Å²) in [5.41, 5.74) is 0.725. The van der Waals surface area contributed by atoms with Crippen LogP contribution in [0.3, 0.4) is 0 Å². The van der Waals surface area contributed by atoms with Crippen molar-refractivity contribution in [2.75, 3.05) is 6.61 Å². The summed E-state index contributed by atoms with van der Waals surface area (Å²) in [4.78, 5) is 12.0. The summed E-state index contributed by atoms with van der Waals surface area (Å²) in [6.45, 7) is 11.6. The van der Waals surface area contributed by atoms with Crippen molar-refractivity contribution in [3.8, 4) is 0 Å². The Hall–Kier alpha value is -0.570. The molecule has 160 valence electrons. The minimum Gasteiger partial charge on any atom is -0.462 e. The van der Waals surface area contributed by atoms with Crippen LogP contribution in [0, 0.1) is 52.3 Å². The van der Waals surface area contributed by atoms with Crippen molar-refractivity contribution >= 4 is 5.97 Å². The second-order valence-corrected chi connectivity index (χ2v) is 11.6. The van der Waals surface area contributed by atoms with E-state index in [-0.39, 0.29) is 12.1 Å². The average Bonchev–Trinajstić information content (AvgIpc) is 2.99. The van der Waals surface area contributed by atoms with Gasteiger partial charge in [-0.25, -0.2) is 0 Å². The molecular weight excluding hydrogens is 348 g/mol. The summed E-state index contributed by atoms with van der Waals surface area (Å²) < 4.78 is 6.08. The first-order valence-electron chi connectivity index (χ1n) is 12.0. The number of esters is 1. The number of rotatable bonds is 3. The Labute approximate surface area is 172 Å². The first-order chi connectivity index (χ1) is 13.2. The van der Waals surface area contributed by atoms with Crippen molar-refractivity contribution in [2.45, 2.75) is 92.1 Å². The van der Waals surface area contributed by atoms with E-state index < -0.39 is 0 Å². The molecule has 0 saturated heterocycles. The third-order valence-corrected chi connectivity index (χ3v) is 10.3. The van der Waals surface area contributed by atoms with Gasteiger partial charge in [-0.1, -0.05) is 34.1 Å². The summed E-state index contributed by atoms with van der Waals surface area (Å²) in [5, 5.41) is 9.85. The van der Waals surface area contributed by atoms with E-state index in [2.05, 4.69) is 27.7 Å². The second kappa shape index (κ2) is 7.29. The van der Waals surface area contributed by atoms with Crippen LogP contribution in [0.4, 0.5) is 0 Å². The largest absolute Gasteiger partial charge is 0.462 e. The molecular formula is C25H42O3. The van der Waals surface area contributed by atoms with Gasteiger partial charge in [-0.2, -0.15) is 0 Å². The molecule has 4 aliphatic rings. The van der Waals surface area contributed by atoms with Crippen LogP contribution in [0.5, 0.6) is 0 Å². The summed E-state index contributed by atoms with van der Waals surface area (Å²) in [6, 6.07) is 0. The Morgan fingerprint density at radius 3 is 2.43 bits per heavy atom. The number of carbonyl (C=O) groups excluding carboxylic acids is 1. The molecule has 4 fully saturated rings. The molecule has 4 aliphatic carbocycles. The van der Waals surface area contributed by atoms with Gasteiger partial charge in [0.2, 0.25) is 0 Å². The van der Waals surface area contributed by atoms with Gasteiger partial charge in [-0.3, -0.25) is 4.79 Å². The highest BCUT2D eigenvalue weighted by Crippen LogP contribution is 2.68. The topological polar surface area (TPSA) is 46.5 Å². The van der Waals surface area contributed by atoms with Crippen LogP contribution in [0.25, 0.3) is 0 Å². The van der Waals surface area contributed by atoms with Crippen LogP contribution in [0.2, 0.25) is 0 Å². The fourth-order valence-electron chi connectivity index (χ4n) is 8.85. The average molecular weight is 391 g/mol. The normalized spacial score (nSPS) is 51.6. The third-order valence-electron chi connectivity index (χ3n) is 10.3. The standard InChI is InChI=1S/C25H42O3/c1-15-8-10-24(4)18(12-15)13-22(28-17(3)27)23-20-7-6-19(16(2)14-26)25(20,5)11-9-21(23)24/h15-16,18-23,26H,6-14H2,1-5H3/t15-,16+,18-,19+,20?,21?,22?,23-,24-,25+/m0/s1. The van der Waals surface area contributed by atoms with Crippen molar-refractivity contribution in [1.82, 2.24) is 0 Å². The van der Waals surface area contributed by atoms with Gasteiger partial charge in [0.15, 0.2) is 0 Å². The van der Waals surface area contributed by atoms with Crippen LogP contribution >= 0.6 is 0 Å². The molecule has 0 radical (unpaired) electrons. The first-order valence-corrected chi connectivity index (χ1v) is 12.0. The number of carbonyl (C=O) groups is 1. The lowest BCUT2D eigenvalue weighted by molar-refractivity contribution is -0.191. The van der Waals surface area contributed by atoms with E-state index in [1.807, 2.05) is 0 Å². The number of aliphatic hydroxyl groups is 1. The number of hydrogen-bond acceptors (Lipinski definition) is 3. The van der Waals surface area contributed by atoms with Crippen LogP contribution in [0.1, 0.15) is 86.0 Å². The van der Waals surface area contributed by atoms with Crippen LogP contribution < -0.4 is 0 Å². The SMILES string of the molecule is CC(=O)OC1C[C@@H]2C[C@@H](C)CC[C@]2(C)C2CC[C@@]3(C)C(CC[C@@H]3[C@H](C)CO)[C@H]12. The highest BCUT2D eigenvalue weighted by atomic mass is 16.5. The predicted octanol–water partition coefficient (Wildman–Crippen LogP) is 5.45. The molecule has 3 nitrogen and oxygen atoms in total. The zero-order valence-electron chi connectivity index (χ0n) is 18.7. The highest BCUT2D eigenvalue weighted by Gasteiger charge is 2.63. The molecule has 0 heterocycles. The van der Waals surface area contributed by atoms with Gasteiger partial charge in [-0.05, 0) is 91.3 Å². The smallest absolute Gasteiger partial charge is 0.302 e. The summed E-state index contributed by atoms with van der Waals surface area (Å²) in [6.07, 6.45) is 10.3. The fraction of sp³-hybridized carbons (Fsp3) is 0.960. The lowest BCUT2D eigenvalue weighted by Gasteiger charge is -2.63. The van der Waals surface area contributed by atoms with Crippen molar-refractivity contribution in [1.29, 1.82) is 0 Å². The molecule has 28 heavy (non-hydrogen) atoms. The van der Waals surface area contributed by atoms with E-state index in [4.69, 9.17) is 4.74 Å². The van der Waals surface area contributed by atoms with Crippen LogP contribution in [-0.4, -0.2) is 23.8 Å². The number of aliphatic hydroxyl groups excluding tert-OH is 1. The molecule has 0 bridgehead atoms. The van der Waals surface area contributed by atoms with Gasteiger partial charge >= 0.3 is 5.97 Å². The molecule has 3 heteroatoms. The summed E-state index contributed by atoms with van der Waals surface area (Å²) in [7, 11) is 0. The van der Waals surface area contributed by atoms with Gasteiger partial charge in [0.05, 0.1) is 0 Å². The molecule has 10 atom stereocenters. The molecule has 0 aromatic carbocycles. The monoisotopic (exact) mass is 390 g/mol. The van der Waals surface area contributed by atoms with Gasteiger partial charge < -0.3 is 9.84 Å². The Morgan fingerprint density at radius 2 is 1.75 bits per heavy atom. The zero-order valence-corrected chi connectivity index (χ0v) is 18.7. The van der Waals surface area contributed by atoms with Gasteiger partial charge in [0.25, 0.3) is 0 Å². The maximum absolute atomic E-state index is 12.0. The minimum absolute atomic E-state index is 0.0956. The van der Waals surface area contributed by atoms with E-state index in [1.54, 1.807) is 6.92 Å². The Balaban J connectivity index is 1.68. The Bertz CT molecular complexity index is 603. The van der Waals surface area contributed by atoms with Crippen LogP contribution in [0.15, 0.2) is 0 Å². The lowest BCUT2D eigenvalue weighted by Crippen LogP contribution is -2.59. The number of hydrogen-bond donors (Lipinski definition) is 1. The molecule has 1 N–H and O–H groups in total. The molecule has 0 amide bonds. The van der Waals surface area contributed by atoms with E-state index in [1.165, 1.54) is 44.9 Å². The Morgan fingerprint density at radius 1 is 1.07 bits per heavy atom. The van der Waals surface area contributed by atoms with E-state index in [9.17, 15) is 9.90 Å². The summed E-state index contributed by atoms with van der Waals surface area (Å²) in [5.74, 6) is 4.27. The maximum Gasteiger partial charge on any atom is 0.302 e. The number of ether oxygens (including phenoxy) is 1. The third kappa shape index (κ3) is 3.06. The molecule has 0 aromatic rings. The van der Waals surface area contributed by atoms with Gasteiger partial charge in [0, 0.05) is 19.4 Å². The number of fused-ring (bicyclic) bond motifs is 5. The van der Waals surface area contributed by atoms with Crippen molar-refractivity contribution in [2.24, 2.45) is 52.3 Å². The zero-order chi connectivity index (χ0) is 20.3. The summed E-state index contributed by atoms with van der Waals surface area (Å²) >= 11 is 0. The van der Waals surface area contributed by atoms with Gasteiger partial charge in [0.1, 0.15) is 6.10 Å². The predicted molar refractivity (Wildman–Crippen MR) is 112 cm³/mol. The minimum atomic E-state index is -0.0956. The second-order valence-electron chi connectivity index (χ2n) is 11.6. The Kier molecular flexibility index (Phi) is 5.39. The fourth-order valence-corrected chi connectivity index (χ4v) is 8.85. The molecule has 4 saturated carbocycles. The van der Waals surface area contributed by atoms with Gasteiger partial charge in [-0.15, -0.1) is 0 Å². The maximum atomic E-state index is 12.0.